The molecule has 0 radical (unpaired) electrons. The Labute approximate surface area is 113 Å². The van der Waals surface area contributed by atoms with Crippen LogP contribution in [-0.2, 0) is 0 Å². The summed E-state index contributed by atoms with van der Waals surface area (Å²) >= 11 is 0. The highest BCUT2D eigenvalue weighted by Crippen LogP contribution is 2.31. The van der Waals surface area contributed by atoms with E-state index in [9.17, 15) is 4.79 Å². The van der Waals surface area contributed by atoms with Gasteiger partial charge in [0.2, 0.25) is 0 Å². The molecule has 0 atom stereocenters. The van der Waals surface area contributed by atoms with Crippen molar-refractivity contribution in [2.24, 2.45) is 5.41 Å². The van der Waals surface area contributed by atoms with Gasteiger partial charge in [0.1, 0.15) is 5.82 Å². The summed E-state index contributed by atoms with van der Waals surface area (Å²) in [5, 5.41) is 9.10. The molecule has 0 aliphatic carbocycles. The SMILES string of the molecule is CC1(C)CCCN(c2cc(C(=O)O)c(N)cn2)CC1. The molecule has 104 valence electrons. The topological polar surface area (TPSA) is 79.5 Å². The monoisotopic (exact) mass is 263 g/mol. The summed E-state index contributed by atoms with van der Waals surface area (Å²) in [4.78, 5) is 17.5. The minimum Gasteiger partial charge on any atom is -0.478 e. The second-order valence-corrected chi connectivity index (χ2v) is 5.94. The van der Waals surface area contributed by atoms with Crippen LogP contribution in [0.1, 0.15) is 43.5 Å². The first-order chi connectivity index (χ1) is 8.89. The number of carboxylic acids is 1. The Morgan fingerprint density at radius 3 is 2.84 bits per heavy atom. The Morgan fingerprint density at radius 1 is 1.42 bits per heavy atom. The number of nitrogen functional groups attached to an aromatic ring is 1. The summed E-state index contributed by atoms with van der Waals surface area (Å²) in [7, 11) is 0. The standard InChI is InChI=1S/C14H21N3O2/c1-14(2)4-3-6-17(7-5-14)12-8-10(13(18)19)11(15)9-16-12/h8-9H,3-7,15H2,1-2H3,(H,18,19). The fourth-order valence-electron chi connectivity index (χ4n) is 2.47. The molecule has 5 heteroatoms. The van der Waals surface area contributed by atoms with Crippen LogP contribution in [0.3, 0.4) is 0 Å². The van der Waals surface area contributed by atoms with Gasteiger partial charge in [-0.05, 0) is 30.7 Å². The number of aromatic nitrogens is 1. The number of nitrogens with two attached hydrogens (primary N) is 1. The van der Waals surface area contributed by atoms with E-state index in [-0.39, 0.29) is 11.3 Å². The lowest BCUT2D eigenvalue weighted by atomic mass is 9.85. The second kappa shape index (κ2) is 5.07. The minimum absolute atomic E-state index is 0.133. The summed E-state index contributed by atoms with van der Waals surface area (Å²) < 4.78 is 0. The molecule has 1 aliphatic heterocycles. The normalized spacial score (nSPS) is 18.9. The van der Waals surface area contributed by atoms with Crippen LogP contribution in [0.25, 0.3) is 0 Å². The quantitative estimate of drug-likeness (QED) is 0.856. The Morgan fingerprint density at radius 2 is 2.16 bits per heavy atom. The van der Waals surface area contributed by atoms with Crippen molar-refractivity contribution in [3.05, 3.63) is 17.8 Å². The van der Waals surface area contributed by atoms with Gasteiger partial charge in [0.25, 0.3) is 0 Å². The number of carbonyl (C=O) groups is 1. The molecule has 1 saturated heterocycles. The number of hydrogen-bond acceptors (Lipinski definition) is 4. The molecule has 5 nitrogen and oxygen atoms in total. The fourth-order valence-corrected chi connectivity index (χ4v) is 2.47. The molecule has 1 aromatic rings. The van der Waals surface area contributed by atoms with Crippen molar-refractivity contribution in [1.82, 2.24) is 4.98 Å². The summed E-state index contributed by atoms with van der Waals surface area (Å²) in [5.74, 6) is -0.291. The van der Waals surface area contributed by atoms with Crippen molar-refractivity contribution in [2.75, 3.05) is 23.7 Å². The van der Waals surface area contributed by atoms with Crippen LogP contribution < -0.4 is 10.6 Å². The summed E-state index contributed by atoms with van der Waals surface area (Å²) in [6.07, 6.45) is 4.81. The zero-order chi connectivity index (χ0) is 14.0. The first-order valence-electron chi connectivity index (χ1n) is 6.63. The molecular weight excluding hydrogens is 242 g/mol. The Kier molecular flexibility index (Phi) is 3.64. The molecule has 1 aliphatic rings. The highest BCUT2D eigenvalue weighted by atomic mass is 16.4. The van der Waals surface area contributed by atoms with Gasteiger partial charge in [0.05, 0.1) is 17.4 Å². The van der Waals surface area contributed by atoms with Crippen LogP contribution in [0.4, 0.5) is 11.5 Å². The second-order valence-electron chi connectivity index (χ2n) is 5.94. The maximum absolute atomic E-state index is 11.1. The van der Waals surface area contributed by atoms with Gasteiger partial charge in [0, 0.05) is 13.1 Å². The average Bonchev–Trinajstić information content (AvgIpc) is 2.51. The summed E-state index contributed by atoms with van der Waals surface area (Å²) in [5.41, 5.74) is 6.32. The number of rotatable bonds is 2. The number of carboxylic acid groups (broad SMARTS) is 1. The zero-order valence-corrected chi connectivity index (χ0v) is 11.5. The number of anilines is 2. The summed E-state index contributed by atoms with van der Waals surface area (Å²) in [6, 6.07) is 1.58. The zero-order valence-electron chi connectivity index (χ0n) is 11.5. The molecule has 1 aromatic heterocycles. The number of hydrogen-bond donors (Lipinski definition) is 2. The van der Waals surface area contributed by atoms with Gasteiger partial charge < -0.3 is 15.7 Å². The number of nitrogens with zero attached hydrogens (tertiary/aromatic N) is 2. The minimum atomic E-state index is -1.00. The molecule has 0 bridgehead atoms. The Bertz CT molecular complexity index is 486. The van der Waals surface area contributed by atoms with Gasteiger partial charge in [-0.1, -0.05) is 13.8 Å². The van der Waals surface area contributed by atoms with E-state index in [0.717, 1.165) is 25.9 Å². The molecule has 2 heterocycles. The van der Waals surface area contributed by atoms with Crippen LogP contribution in [0, 0.1) is 5.41 Å². The van der Waals surface area contributed by atoms with Crippen LogP contribution >= 0.6 is 0 Å². The van der Waals surface area contributed by atoms with Crippen LogP contribution in [-0.4, -0.2) is 29.1 Å². The molecule has 0 saturated carbocycles. The van der Waals surface area contributed by atoms with Gasteiger partial charge in [0.15, 0.2) is 0 Å². The van der Waals surface area contributed by atoms with E-state index in [1.54, 1.807) is 6.07 Å². The predicted molar refractivity (Wildman–Crippen MR) is 75.5 cm³/mol. The van der Waals surface area contributed by atoms with Crippen molar-refractivity contribution < 1.29 is 9.90 Å². The van der Waals surface area contributed by atoms with Crippen molar-refractivity contribution in [1.29, 1.82) is 0 Å². The highest BCUT2D eigenvalue weighted by molar-refractivity contribution is 5.94. The van der Waals surface area contributed by atoms with Gasteiger partial charge in [-0.25, -0.2) is 9.78 Å². The van der Waals surface area contributed by atoms with Gasteiger partial charge >= 0.3 is 5.97 Å². The highest BCUT2D eigenvalue weighted by Gasteiger charge is 2.24. The lowest BCUT2D eigenvalue weighted by Gasteiger charge is -2.24. The molecule has 0 amide bonds. The van der Waals surface area contributed by atoms with Gasteiger partial charge in [-0.3, -0.25) is 0 Å². The molecule has 0 unspecified atom stereocenters. The van der Waals surface area contributed by atoms with Gasteiger partial charge in [-0.2, -0.15) is 0 Å². The van der Waals surface area contributed by atoms with Crippen LogP contribution in [0.5, 0.6) is 0 Å². The molecule has 19 heavy (non-hydrogen) atoms. The lowest BCUT2D eigenvalue weighted by molar-refractivity contribution is 0.0698. The largest absolute Gasteiger partial charge is 0.478 e. The third-order valence-corrected chi connectivity index (χ3v) is 3.81. The smallest absolute Gasteiger partial charge is 0.337 e. The van der Waals surface area contributed by atoms with E-state index in [4.69, 9.17) is 10.8 Å². The summed E-state index contributed by atoms with van der Waals surface area (Å²) in [6.45, 7) is 6.37. The first-order valence-corrected chi connectivity index (χ1v) is 6.63. The third kappa shape index (κ3) is 3.16. The van der Waals surface area contributed by atoms with Crippen LogP contribution in [0.2, 0.25) is 0 Å². The molecular formula is C14H21N3O2. The number of aromatic carboxylic acids is 1. The Hall–Kier alpha value is -1.78. The van der Waals surface area contributed by atoms with Crippen molar-refractivity contribution in [3.8, 4) is 0 Å². The fraction of sp³-hybridized carbons (Fsp3) is 0.571. The van der Waals surface area contributed by atoms with E-state index in [2.05, 4.69) is 23.7 Å². The molecule has 0 spiro atoms. The van der Waals surface area contributed by atoms with Crippen LogP contribution in [0.15, 0.2) is 12.3 Å². The van der Waals surface area contributed by atoms with E-state index in [0.29, 0.717) is 11.2 Å². The maximum Gasteiger partial charge on any atom is 0.337 e. The van der Waals surface area contributed by atoms with E-state index in [1.807, 2.05) is 0 Å². The van der Waals surface area contributed by atoms with E-state index >= 15 is 0 Å². The average molecular weight is 263 g/mol. The van der Waals surface area contributed by atoms with Crippen molar-refractivity contribution >= 4 is 17.5 Å². The molecule has 3 N–H and O–H groups in total. The predicted octanol–water partition coefficient (Wildman–Crippen LogP) is 2.38. The van der Waals surface area contributed by atoms with E-state index < -0.39 is 5.97 Å². The lowest BCUT2D eigenvalue weighted by Crippen LogP contribution is -2.26. The Balaban J connectivity index is 2.22. The van der Waals surface area contributed by atoms with Crippen molar-refractivity contribution in [2.45, 2.75) is 33.1 Å². The maximum atomic E-state index is 11.1. The molecule has 2 rings (SSSR count). The first kappa shape index (κ1) is 13.6. The molecule has 1 fully saturated rings. The van der Waals surface area contributed by atoms with E-state index in [1.165, 1.54) is 12.6 Å². The number of pyridine rings is 1. The molecule has 0 aromatic carbocycles. The van der Waals surface area contributed by atoms with Crippen molar-refractivity contribution in [3.63, 3.8) is 0 Å². The third-order valence-electron chi connectivity index (χ3n) is 3.81. The van der Waals surface area contributed by atoms with Gasteiger partial charge in [-0.15, -0.1) is 0 Å².